The molecule has 8 heteroatoms. The van der Waals surface area contributed by atoms with E-state index in [0.29, 0.717) is 28.1 Å². The van der Waals surface area contributed by atoms with Crippen LogP contribution >= 0.6 is 47.2 Å². The molecule has 1 unspecified atom stereocenters. The minimum Gasteiger partial charge on any atom is -0.370 e. The summed E-state index contributed by atoms with van der Waals surface area (Å²) >= 11 is 12.2. The zero-order valence-corrected chi connectivity index (χ0v) is 20.8. The first-order chi connectivity index (χ1) is 13.0. The van der Waals surface area contributed by atoms with Crippen LogP contribution in [-0.2, 0) is 6.54 Å². The second-order valence-corrected chi connectivity index (χ2v) is 8.48. The van der Waals surface area contributed by atoms with Crippen LogP contribution in [0.3, 0.4) is 0 Å². The highest BCUT2D eigenvalue weighted by Gasteiger charge is 2.15. The Bertz CT molecular complexity index is 881. The maximum Gasteiger partial charge on any atom is 0.251 e. The van der Waals surface area contributed by atoms with E-state index in [1.807, 2.05) is 52.0 Å². The maximum atomic E-state index is 12.3. The number of nitrogens with two attached hydrogens (primary N) is 1. The van der Waals surface area contributed by atoms with Crippen molar-refractivity contribution in [1.29, 1.82) is 0 Å². The predicted octanol–water partition coefficient (Wildman–Crippen LogP) is 5.31. The molecule has 0 spiro atoms. The molecule has 0 heterocycles. The van der Waals surface area contributed by atoms with Gasteiger partial charge in [0.25, 0.3) is 5.91 Å². The Kier molecular flexibility index (Phi) is 9.71. The van der Waals surface area contributed by atoms with Gasteiger partial charge in [0.1, 0.15) is 0 Å². The standard InChI is InChI=1S/C21H26Cl2N4O.HI/c1-13(17-9-8-16(22)11-18(17)23)26-20(24)25-12-14-6-5-7-15(10-14)19(28)27-21(2,3)4;/h5-11,13H,12H2,1-4H3,(H,27,28)(H3,24,25,26);1H. The second kappa shape index (κ2) is 11.0. The van der Waals surface area contributed by atoms with E-state index in [1.165, 1.54) is 0 Å². The van der Waals surface area contributed by atoms with E-state index in [9.17, 15) is 4.79 Å². The molecular weight excluding hydrogens is 522 g/mol. The molecule has 1 atom stereocenters. The molecule has 0 fully saturated rings. The first-order valence-electron chi connectivity index (χ1n) is 8.98. The molecule has 5 nitrogen and oxygen atoms in total. The van der Waals surface area contributed by atoms with E-state index in [2.05, 4.69) is 15.6 Å². The lowest BCUT2D eigenvalue weighted by Gasteiger charge is -2.20. The Labute approximate surface area is 199 Å². The Morgan fingerprint density at radius 3 is 2.48 bits per heavy atom. The van der Waals surface area contributed by atoms with Crippen LogP contribution in [0.2, 0.25) is 10.0 Å². The van der Waals surface area contributed by atoms with Gasteiger partial charge < -0.3 is 16.4 Å². The van der Waals surface area contributed by atoms with Crippen molar-refractivity contribution in [2.24, 2.45) is 10.7 Å². The van der Waals surface area contributed by atoms with Crippen LogP contribution in [0.15, 0.2) is 47.5 Å². The molecule has 0 saturated carbocycles. The van der Waals surface area contributed by atoms with Crippen LogP contribution in [0.25, 0.3) is 0 Å². The van der Waals surface area contributed by atoms with Crippen LogP contribution in [0.4, 0.5) is 0 Å². The van der Waals surface area contributed by atoms with E-state index in [0.717, 1.165) is 11.1 Å². The van der Waals surface area contributed by atoms with E-state index < -0.39 is 0 Å². The molecule has 0 aliphatic rings. The Morgan fingerprint density at radius 2 is 1.86 bits per heavy atom. The molecular formula is C21H27Cl2IN4O. The third-order valence-corrected chi connectivity index (χ3v) is 4.47. The van der Waals surface area contributed by atoms with Crippen LogP contribution in [0, 0.1) is 0 Å². The Hall–Kier alpha value is -1.51. The molecule has 2 rings (SSSR count). The molecule has 1 amide bonds. The largest absolute Gasteiger partial charge is 0.370 e. The minimum atomic E-state index is -0.293. The van der Waals surface area contributed by atoms with E-state index in [4.69, 9.17) is 28.9 Å². The van der Waals surface area contributed by atoms with Gasteiger partial charge in [0, 0.05) is 21.1 Å². The quantitative estimate of drug-likeness (QED) is 0.269. The summed E-state index contributed by atoms with van der Waals surface area (Å²) < 4.78 is 0. The van der Waals surface area contributed by atoms with E-state index in [-0.39, 0.29) is 41.5 Å². The zero-order valence-electron chi connectivity index (χ0n) is 16.9. The van der Waals surface area contributed by atoms with Gasteiger partial charge >= 0.3 is 0 Å². The first kappa shape index (κ1) is 25.5. The Morgan fingerprint density at radius 1 is 1.17 bits per heavy atom. The molecule has 29 heavy (non-hydrogen) atoms. The van der Waals surface area contributed by atoms with Crippen molar-refractivity contribution < 1.29 is 4.79 Å². The smallest absolute Gasteiger partial charge is 0.251 e. The Balaban J connectivity index is 0.00000420. The number of aliphatic imine (C=N–C) groups is 1. The number of rotatable bonds is 5. The maximum absolute atomic E-state index is 12.3. The fraction of sp³-hybridized carbons (Fsp3) is 0.333. The number of carbonyl (C=O) groups is 1. The van der Waals surface area contributed by atoms with Gasteiger partial charge in [-0.2, -0.15) is 0 Å². The predicted molar refractivity (Wildman–Crippen MR) is 132 cm³/mol. The lowest BCUT2D eigenvalue weighted by Crippen LogP contribution is -2.40. The van der Waals surface area contributed by atoms with Gasteiger partial charge in [-0.3, -0.25) is 4.79 Å². The highest BCUT2D eigenvalue weighted by molar-refractivity contribution is 14.0. The molecule has 0 aliphatic heterocycles. The number of hydrogen-bond donors (Lipinski definition) is 3. The topological polar surface area (TPSA) is 79.5 Å². The van der Waals surface area contributed by atoms with Crippen LogP contribution in [-0.4, -0.2) is 17.4 Å². The van der Waals surface area contributed by atoms with Crippen LogP contribution in [0.5, 0.6) is 0 Å². The number of guanidine groups is 1. The summed E-state index contributed by atoms with van der Waals surface area (Å²) in [6, 6.07) is 12.5. The zero-order chi connectivity index (χ0) is 20.9. The van der Waals surface area contributed by atoms with Gasteiger partial charge in [-0.05, 0) is 63.1 Å². The third-order valence-electron chi connectivity index (χ3n) is 3.90. The summed E-state index contributed by atoms with van der Waals surface area (Å²) in [4.78, 5) is 16.7. The number of benzene rings is 2. The van der Waals surface area contributed by atoms with Gasteiger partial charge in [0.05, 0.1) is 12.6 Å². The summed E-state index contributed by atoms with van der Waals surface area (Å²) in [7, 11) is 0. The fourth-order valence-electron chi connectivity index (χ4n) is 2.60. The van der Waals surface area contributed by atoms with Crippen LogP contribution in [0.1, 0.15) is 55.2 Å². The molecule has 4 N–H and O–H groups in total. The normalized spacial score (nSPS) is 12.7. The molecule has 2 aromatic rings. The number of halogens is 3. The van der Waals surface area contributed by atoms with Gasteiger partial charge in [-0.25, -0.2) is 4.99 Å². The molecule has 158 valence electrons. The minimum absolute atomic E-state index is 0. The van der Waals surface area contributed by atoms with Crippen LogP contribution < -0.4 is 16.4 Å². The van der Waals surface area contributed by atoms with E-state index >= 15 is 0 Å². The molecule has 0 saturated heterocycles. The summed E-state index contributed by atoms with van der Waals surface area (Å²) in [6.07, 6.45) is 0. The number of nitrogens with one attached hydrogen (secondary N) is 2. The molecule has 0 aromatic heterocycles. The molecule has 0 radical (unpaired) electrons. The number of nitrogens with zero attached hydrogens (tertiary/aromatic N) is 1. The van der Waals surface area contributed by atoms with E-state index in [1.54, 1.807) is 18.2 Å². The van der Waals surface area contributed by atoms with Crippen molar-refractivity contribution in [2.75, 3.05) is 0 Å². The summed E-state index contributed by atoms with van der Waals surface area (Å²) in [5.41, 5.74) is 8.08. The highest BCUT2D eigenvalue weighted by Crippen LogP contribution is 2.25. The van der Waals surface area contributed by atoms with Gasteiger partial charge in [-0.1, -0.05) is 41.4 Å². The number of hydrogen-bond acceptors (Lipinski definition) is 2. The SMILES string of the molecule is CC(NC(N)=NCc1cccc(C(=O)NC(C)(C)C)c1)c1ccc(Cl)cc1Cl.I. The van der Waals surface area contributed by atoms with Crippen molar-refractivity contribution in [1.82, 2.24) is 10.6 Å². The fourth-order valence-corrected chi connectivity index (χ4v) is 3.17. The molecule has 0 bridgehead atoms. The number of amides is 1. The van der Waals surface area contributed by atoms with Gasteiger partial charge in [0.15, 0.2) is 5.96 Å². The lowest BCUT2D eigenvalue weighted by atomic mass is 10.1. The molecule has 0 aliphatic carbocycles. The second-order valence-electron chi connectivity index (χ2n) is 7.64. The van der Waals surface area contributed by atoms with Crippen molar-refractivity contribution in [3.05, 3.63) is 69.2 Å². The summed E-state index contributed by atoms with van der Waals surface area (Å²) in [5.74, 6) is 0.179. The van der Waals surface area contributed by atoms with Gasteiger partial charge in [0.2, 0.25) is 0 Å². The van der Waals surface area contributed by atoms with Crippen molar-refractivity contribution in [3.63, 3.8) is 0 Å². The highest BCUT2D eigenvalue weighted by atomic mass is 127. The summed E-state index contributed by atoms with van der Waals surface area (Å²) in [6.45, 7) is 8.13. The van der Waals surface area contributed by atoms with Crippen molar-refractivity contribution in [2.45, 2.75) is 45.8 Å². The number of carbonyl (C=O) groups excluding carboxylic acids is 1. The monoisotopic (exact) mass is 548 g/mol. The molecule has 2 aromatic carbocycles. The van der Waals surface area contributed by atoms with Gasteiger partial charge in [-0.15, -0.1) is 24.0 Å². The summed E-state index contributed by atoms with van der Waals surface area (Å²) in [5, 5.41) is 7.21. The lowest BCUT2D eigenvalue weighted by molar-refractivity contribution is 0.0919. The van der Waals surface area contributed by atoms with Crippen molar-refractivity contribution >= 4 is 59.0 Å². The third kappa shape index (κ3) is 8.40. The first-order valence-corrected chi connectivity index (χ1v) is 9.73. The average molecular weight is 549 g/mol. The average Bonchev–Trinajstić information content (AvgIpc) is 2.58. The van der Waals surface area contributed by atoms with Crippen molar-refractivity contribution in [3.8, 4) is 0 Å².